The third-order valence-electron chi connectivity index (χ3n) is 5.67. The van der Waals surface area contributed by atoms with Crippen molar-refractivity contribution in [3.63, 3.8) is 0 Å². The molecular weight excluding hydrogens is 314 g/mol. The summed E-state index contributed by atoms with van der Waals surface area (Å²) in [6.45, 7) is 1.47. The zero-order valence-electron chi connectivity index (χ0n) is 13.8. The van der Waals surface area contributed by atoms with Crippen molar-refractivity contribution < 1.29 is 18.3 Å². The molecule has 3 aliphatic heterocycles. The molecule has 2 saturated heterocycles. The first-order valence-electron chi connectivity index (χ1n) is 8.55. The minimum absolute atomic E-state index is 0.00725. The van der Waals surface area contributed by atoms with Crippen LogP contribution in [0.3, 0.4) is 0 Å². The van der Waals surface area contributed by atoms with Gasteiger partial charge in [-0.3, -0.25) is 9.69 Å². The summed E-state index contributed by atoms with van der Waals surface area (Å²) in [7, 11) is 2.03. The monoisotopic (exact) mass is 336 g/mol. The molecule has 6 heteroatoms. The summed E-state index contributed by atoms with van der Waals surface area (Å²) in [5.74, 6) is -1.83. The van der Waals surface area contributed by atoms with Crippen molar-refractivity contribution in [2.45, 2.75) is 24.8 Å². The molecule has 4 nitrogen and oxygen atoms in total. The number of para-hydroxylation sites is 1. The number of halogens is 2. The number of likely N-dealkylation sites (tertiary alicyclic amines) is 2. The topological polar surface area (TPSA) is 32.8 Å². The second-order valence-corrected chi connectivity index (χ2v) is 7.18. The number of ether oxygens (including phenoxy) is 1. The van der Waals surface area contributed by atoms with Crippen LogP contribution >= 0.6 is 0 Å². The largest absolute Gasteiger partial charge is 0.493 e. The van der Waals surface area contributed by atoms with E-state index in [9.17, 15) is 13.6 Å². The Bertz CT molecular complexity index is 642. The molecule has 0 saturated carbocycles. The predicted octanol–water partition coefficient (Wildman–Crippen LogP) is 2.56. The molecule has 2 fully saturated rings. The Balaban J connectivity index is 1.53. The van der Waals surface area contributed by atoms with Gasteiger partial charge in [0.1, 0.15) is 5.75 Å². The predicted molar refractivity (Wildman–Crippen MR) is 85.0 cm³/mol. The molecule has 0 bridgehead atoms. The normalized spacial score (nSPS) is 32.0. The Morgan fingerprint density at radius 3 is 2.71 bits per heavy atom. The highest BCUT2D eigenvalue weighted by atomic mass is 19.3. The lowest BCUT2D eigenvalue weighted by molar-refractivity contribution is -0.142. The molecule has 3 aliphatic rings. The molecule has 1 aromatic rings. The lowest BCUT2D eigenvalue weighted by atomic mass is 9.84. The maximum absolute atomic E-state index is 13.3. The average molecular weight is 336 g/mol. The van der Waals surface area contributed by atoms with E-state index in [-0.39, 0.29) is 49.7 Å². The molecular formula is C18H22F2N2O2. The van der Waals surface area contributed by atoms with E-state index in [1.807, 2.05) is 25.2 Å². The number of alkyl halides is 2. The van der Waals surface area contributed by atoms with Gasteiger partial charge in [-0.05, 0) is 13.1 Å². The fourth-order valence-corrected chi connectivity index (χ4v) is 4.37. The van der Waals surface area contributed by atoms with Gasteiger partial charge in [0.2, 0.25) is 5.91 Å². The van der Waals surface area contributed by atoms with Crippen LogP contribution < -0.4 is 4.74 Å². The molecule has 0 aliphatic carbocycles. The Hall–Kier alpha value is -1.69. The number of benzene rings is 1. The number of carbonyl (C=O) groups excluding carboxylic acids is 1. The highest BCUT2D eigenvalue weighted by Gasteiger charge is 2.49. The number of rotatable bonds is 1. The van der Waals surface area contributed by atoms with Crippen molar-refractivity contribution in [2.75, 3.05) is 33.3 Å². The van der Waals surface area contributed by atoms with Gasteiger partial charge < -0.3 is 9.64 Å². The molecule has 0 unspecified atom stereocenters. The van der Waals surface area contributed by atoms with E-state index in [2.05, 4.69) is 11.0 Å². The van der Waals surface area contributed by atoms with Gasteiger partial charge in [-0.1, -0.05) is 18.2 Å². The Kier molecular flexibility index (Phi) is 3.75. The van der Waals surface area contributed by atoms with Gasteiger partial charge in [-0.15, -0.1) is 0 Å². The van der Waals surface area contributed by atoms with Gasteiger partial charge in [-0.2, -0.15) is 0 Å². The first-order valence-corrected chi connectivity index (χ1v) is 8.55. The van der Waals surface area contributed by atoms with Crippen molar-refractivity contribution in [1.29, 1.82) is 0 Å². The summed E-state index contributed by atoms with van der Waals surface area (Å²) in [5.41, 5.74) is 1.12. The van der Waals surface area contributed by atoms with Gasteiger partial charge in [-0.25, -0.2) is 8.78 Å². The standard InChI is InChI=1S/C18H22F2N2O2/c1-21-10-13(17(23)22-8-6-18(19,20)7-9-22)14-11-24-15-5-3-2-4-12(15)16(14)21/h2-5,13-14,16H,6-11H2,1H3/t13-,14+,16+/m1/s1. The highest BCUT2D eigenvalue weighted by molar-refractivity contribution is 5.80. The van der Waals surface area contributed by atoms with Gasteiger partial charge in [0.25, 0.3) is 5.92 Å². The molecule has 24 heavy (non-hydrogen) atoms. The lowest BCUT2D eigenvalue weighted by Gasteiger charge is -2.36. The summed E-state index contributed by atoms with van der Waals surface area (Å²) < 4.78 is 32.6. The number of carbonyl (C=O) groups is 1. The summed E-state index contributed by atoms with van der Waals surface area (Å²) in [4.78, 5) is 16.7. The molecule has 0 radical (unpaired) electrons. The third kappa shape index (κ3) is 2.57. The molecule has 1 aromatic carbocycles. The maximum Gasteiger partial charge on any atom is 0.251 e. The van der Waals surface area contributed by atoms with Crippen molar-refractivity contribution >= 4 is 5.91 Å². The van der Waals surface area contributed by atoms with Crippen LogP contribution in [0.4, 0.5) is 8.78 Å². The van der Waals surface area contributed by atoms with Crippen LogP contribution in [-0.4, -0.2) is 54.9 Å². The van der Waals surface area contributed by atoms with E-state index >= 15 is 0 Å². The van der Waals surface area contributed by atoms with Crippen molar-refractivity contribution in [1.82, 2.24) is 9.80 Å². The van der Waals surface area contributed by atoms with Crippen molar-refractivity contribution in [3.05, 3.63) is 29.8 Å². The second-order valence-electron chi connectivity index (χ2n) is 7.18. The quantitative estimate of drug-likeness (QED) is 0.790. The van der Waals surface area contributed by atoms with E-state index in [0.717, 1.165) is 11.3 Å². The van der Waals surface area contributed by atoms with E-state index in [1.54, 1.807) is 4.90 Å². The van der Waals surface area contributed by atoms with E-state index < -0.39 is 5.92 Å². The molecule has 1 amide bonds. The number of hydrogen-bond acceptors (Lipinski definition) is 3. The van der Waals surface area contributed by atoms with Crippen LogP contribution in [0.25, 0.3) is 0 Å². The number of amides is 1. The van der Waals surface area contributed by atoms with Crippen LogP contribution in [0.2, 0.25) is 0 Å². The molecule has 3 heterocycles. The molecule has 0 spiro atoms. The summed E-state index contributed by atoms with van der Waals surface area (Å²) in [5, 5.41) is 0. The Morgan fingerprint density at radius 2 is 1.96 bits per heavy atom. The molecule has 0 N–H and O–H groups in total. The highest BCUT2D eigenvalue weighted by Crippen LogP contribution is 2.47. The Morgan fingerprint density at radius 1 is 1.25 bits per heavy atom. The first-order chi connectivity index (χ1) is 11.5. The minimum atomic E-state index is -2.63. The van der Waals surface area contributed by atoms with Crippen LogP contribution in [-0.2, 0) is 4.79 Å². The smallest absolute Gasteiger partial charge is 0.251 e. The molecule has 0 aromatic heterocycles. The summed E-state index contributed by atoms with van der Waals surface area (Å²) in [6, 6.07) is 8.11. The van der Waals surface area contributed by atoms with Crippen LogP contribution in [0.5, 0.6) is 5.75 Å². The number of hydrogen-bond donors (Lipinski definition) is 0. The van der Waals surface area contributed by atoms with E-state index in [1.165, 1.54) is 0 Å². The number of nitrogens with zero attached hydrogens (tertiary/aromatic N) is 2. The molecule has 4 rings (SSSR count). The van der Waals surface area contributed by atoms with E-state index in [4.69, 9.17) is 4.74 Å². The summed E-state index contributed by atoms with van der Waals surface area (Å²) in [6.07, 6.45) is -0.455. The SMILES string of the molecule is CN1C[C@@H](C(=O)N2CCC(F)(F)CC2)[C@@H]2COc3ccccc3[C@@H]21. The van der Waals surface area contributed by atoms with Gasteiger partial charge in [0.15, 0.2) is 0 Å². The zero-order chi connectivity index (χ0) is 16.9. The minimum Gasteiger partial charge on any atom is -0.493 e. The van der Waals surface area contributed by atoms with Crippen molar-refractivity contribution in [3.8, 4) is 5.75 Å². The Labute approximate surface area is 140 Å². The average Bonchev–Trinajstić information content (AvgIpc) is 2.91. The van der Waals surface area contributed by atoms with Crippen LogP contribution in [0.1, 0.15) is 24.4 Å². The van der Waals surface area contributed by atoms with Gasteiger partial charge >= 0.3 is 0 Å². The van der Waals surface area contributed by atoms with Crippen LogP contribution in [0.15, 0.2) is 24.3 Å². The zero-order valence-corrected chi connectivity index (χ0v) is 13.8. The molecule has 130 valence electrons. The maximum atomic E-state index is 13.3. The summed E-state index contributed by atoms with van der Waals surface area (Å²) >= 11 is 0. The van der Waals surface area contributed by atoms with Gasteiger partial charge in [0.05, 0.1) is 12.5 Å². The lowest BCUT2D eigenvalue weighted by Crippen LogP contribution is -2.47. The second kappa shape index (κ2) is 5.69. The number of fused-ring (bicyclic) bond motifs is 3. The van der Waals surface area contributed by atoms with Gasteiger partial charge in [0, 0.05) is 50.0 Å². The third-order valence-corrected chi connectivity index (χ3v) is 5.67. The van der Waals surface area contributed by atoms with Crippen LogP contribution in [0, 0.1) is 11.8 Å². The first kappa shape index (κ1) is 15.8. The number of piperidine rings is 1. The fraction of sp³-hybridized carbons (Fsp3) is 0.611. The van der Waals surface area contributed by atoms with Crippen molar-refractivity contribution in [2.24, 2.45) is 11.8 Å². The van der Waals surface area contributed by atoms with E-state index in [0.29, 0.717) is 13.2 Å². The fourth-order valence-electron chi connectivity index (χ4n) is 4.37. The molecule has 3 atom stereocenters.